The maximum absolute atomic E-state index is 13.9. The number of fused-ring (bicyclic) bond motifs is 3. The average Bonchev–Trinajstić information content (AvgIpc) is 3.55. The van der Waals surface area contributed by atoms with Gasteiger partial charge in [-0.3, -0.25) is 29.6 Å². The molecule has 3 atom stereocenters. The number of carbonyl (C=O) groups excluding carboxylic acids is 4. The molecule has 0 aromatic heterocycles. The van der Waals surface area contributed by atoms with Crippen LogP contribution in [0.4, 0.5) is 9.18 Å². The molecule has 3 amide bonds. The van der Waals surface area contributed by atoms with Crippen molar-refractivity contribution in [2.24, 2.45) is 0 Å². The molecular weight excluding hydrogens is 615 g/mol. The summed E-state index contributed by atoms with van der Waals surface area (Å²) in [6.07, 6.45) is 3.60. The summed E-state index contributed by atoms with van der Waals surface area (Å²) in [6, 6.07) is 19.8. The number of ketones is 1. The predicted molar refractivity (Wildman–Crippen MR) is 175 cm³/mol. The molecule has 0 unspecified atom stereocenters. The Labute approximate surface area is 277 Å². The fourth-order valence-electron chi connectivity index (χ4n) is 6.90. The number of halogens is 1. The topological polar surface area (TPSA) is 126 Å². The van der Waals surface area contributed by atoms with Crippen LogP contribution in [-0.4, -0.2) is 65.5 Å². The Morgan fingerprint density at radius 3 is 2.31 bits per heavy atom. The van der Waals surface area contributed by atoms with E-state index in [2.05, 4.69) is 28.2 Å². The van der Waals surface area contributed by atoms with Gasteiger partial charge < -0.3 is 15.4 Å². The van der Waals surface area contributed by atoms with E-state index < -0.39 is 41.4 Å². The van der Waals surface area contributed by atoms with E-state index in [1.807, 2.05) is 43.3 Å². The van der Waals surface area contributed by atoms with Crippen molar-refractivity contribution in [1.82, 2.24) is 21.0 Å². The minimum atomic E-state index is -1.11. The third-order valence-electron chi connectivity index (χ3n) is 9.50. The number of nitrogens with one attached hydrogen (secondary N) is 3. The highest BCUT2D eigenvalue weighted by molar-refractivity contribution is 6.38. The molecule has 48 heavy (non-hydrogen) atoms. The maximum atomic E-state index is 13.9. The van der Waals surface area contributed by atoms with E-state index in [0.29, 0.717) is 17.7 Å². The van der Waals surface area contributed by atoms with Crippen molar-refractivity contribution < 1.29 is 33.1 Å². The molecule has 2 fully saturated rings. The van der Waals surface area contributed by atoms with Gasteiger partial charge in [-0.2, -0.15) is 0 Å². The molecule has 3 aromatic carbocycles. The highest BCUT2D eigenvalue weighted by Crippen LogP contribution is 2.45. The van der Waals surface area contributed by atoms with Gasteiger partial charge in [0.05, 0.1) is 18.3 Å². The van der Waals surface area contributed by atoms with E-state index in [0.717, 1.165) is 35.1 Å². The van der Waals surface area contributed by atoms with Crippen molar-refractivity contribution in [2.45, 2.75) is 68.7 Å². The molecule has 2 aliphatic heterocycles. The van der Waals surface area contributed by atoms with Gasteiger partial charge in [0, 0.05) is 18.4 Å². The molecule has 10 nitrogen and oxygen atoms in total. The second kappa shape index (κ2) is 12.9. The van der Waals surface area contributed by atoms with Gasteiger partial charge in [-0.05, 0) is 77.4 Å². The summed E-state index contributed by atoms with van der Waals surface area (Å²) >= 11 is 0. The first-order valence-corrected chi connectivity index (χ1v) is 16.4. The lowest BCUT2D eigenvalue weighted by Gasteiger charge is -2.26. The Kier molecular flexibility index (Phi) is 8.47. The summed E-state index contributed by atoms with van der Waals surface area (Å²) in [4.78, 5) is 60.9. The summed E-state index contributed by atoms with van der Waals surface area (Å²) < 4.78 is 19.6. The summed E-state index contributed by atoms with van der Waals surface area (Å²) in [7, 11) is 0. The number of hydroxylamine groups is 1. The number of carbonyl (C=O) groups is 4. The number of nitrogens with zero attached hydrogens (tertiary/aromatic N) is 1. The second-order valence-corrected chi connectivity index (χ2v) is 12.9. The maximum Gasteiger partial charge on any atom is 0.410 e. The first kappa shape index (κ1) is 31.6. The summed E-state index contributed by atoms with van der Waals surface area (Å²) in [5, 5.41) is 5.46. The fourth-order valence-corrected chi connectivity index (χ4v) is 6.90. The van der Waals surface area contributed by atoms with Crippen LogP contribution < -0.4 is 16.1 Å². The number of rotatable bonds is 10. The number of hydrogen-bond donors (Lipinski definition) is 3. The van der Waals surface area contributed by atoms with Crippen LogP contribution in [0.5, 0.6) is 0 Å². The third-order valence-corrected chi connectivity index (χ3v) is 9.50. The van der Waals surface area contributed by atoms with Gasteiger partial charge in [-0.25, -0.2) is 9.18 Å². The van der Waals surface area contributed by atoms with Crippen molar-refractivity contribution in [3.8, 4) is 11.1 Å². The van der Waals surface area contributed by atoms with Crippen LogP contribution in [0.25, 0.3) is 16.8 Å². The fraction of sp³-hybridized carbons (Fsp3) is 0.351. The van der Waals surface area contributed by atoms with Crippen LogP contribution >= 0.6 is 0 Å². The molecule has 1 spiro atoms. The van der Waals surface area contributed by atoms with Crippen LogP contribution in [0.2, 0.25) is 0 Å². The van der Waals surface area contributed by atoms with Crippen LogP contribution in [0.15, 0.2) is 78.9 Å². The van der Waals surface area contributed by atoms with Crippen LogP contribution in [0.3, 0.4) is 0 Å². The van der Waals surface area contributed by atoms with Gasteiger partial charge in [0.15, 0.2) is 0 Å². The molecule has 4 aliphatic rings. The molecule has 11 heteroatoms. The zero-order valence-electron chi connectivity index (χ0n) is 26.5. The molecule has 0 radical (unpaired) electrons. The van der Waals surface area contributed by atoms with Gasteiger partial charge in [0.2, 0.25) is 11.7 Å². The molecular formula is C37H37FN4O6. The molecule has 2 heterocycles. The Hall–Kier alpha value is -5.03. The van der Waals surface area contributed by atoms with Gasteiger partial charge in [0.1, 0.15) is 24.1 Å². The predicted octanol–water partition coefficient (Wildman–Crippen LogP) is 4.60. The Balaban J connectivity index is 1.13. The summed E-state index contributed by atoms with van der Waals surface area (Å²) in [6.45, 7) is 1.89. The number of benzene rings is 3. The second-order valence-electron chi connectivity index (χ2n) is 12.9. The lowest BCUT2D eigenvalue weighted by molar-refractivity contribution is -0.140. The van der Waals surface area contributed by atoms with Crippen LogP contribution in [0, 0.1) is 5.82 Å². The van der Waals surface area contributed by atoms with E-state index >= 15 is 0 Å². The number of likely N-dealkylation sites (tertiary alicyclic amines) is 1. The minimum absolute atomic E-state index is 0.00714. The quantitative estimate of drug-likeness (QED) is 0.274. The van der Waals surface area contributed by atoms with E-state index in [4.69, 9.17) is 9.57 Å². The van der Waals surface area contributed by atoms with Crippen LogP contribution in [0.1, 0.15) is 61.6 Å². The van der Waals surface area contributed by atoms with E-state index in [-0.39, 0.29) is 43.8 Å². The highest BCUT2D eigenvalue weighted by Gasteiger charge is 2.52. The standard InChI is InChI=1S/C37H37FN4O6/c1-2-7-30(33(43)35(45)39-24-16-17-24)40-34(44)32-19-37(18-31(41-48-37)22-12-14-23(38)15-13-22)21-42(32)36(46)47-20-29-27-10-5-3-8-25(27)26-9-4-6-11-28(26)29/h3-6,8-15,18,24,29-30,32,41H,2,7,16-17,19-21H2,1H3,(H,39,45)(H,40,44)/t30-,32-,37+/m0/s1. The SMILES string of the molecule is CCC[C@H](NC(=O)[C@@H]1C[C@]2(C=C(c3ccc(F)cc3)NO2)CN1C(=O)OCC1c2ccccc2-c2ccccc21)C(=O)C(=O)NC1CC1. The van der Waals surface area contributed by atoms with Crippen molar-refractivity contribution >= 4 is 29.4 Å². The van der Waals surface area contributed by atoms with Crippen molar-refractivity contribution in [1.29, 1.82) is 0 Å². The van der Waals surface area contributed by atoms with Gasteiger partial charge in [0.25, 0.3) is 5.91 Å². The van der Waals surface area contributed by atoms with Crippen molar-refractivity contribution in [2.75, 3.05) is 13.2 Å². The molecule has 2 aliphatic carbocycles. The van der Waals surface area contributed by atoms with Crippen molar-refractivity contribution in [3.63, 3.8) is 0 Å². The Morgan fingerprint density at radius 2 is 1.67 bits per heavy atom. The minimum Gasteiger partial charge on any atom is -0.448 e. The Bertz CT molecular complexity index is 1740. The summed E-state index contributed by atoms with van der Waals surface area (Å²) in [5.74, 6) is -2.58. The molecule has 0 bridgehead atoms. The van der Waals surface area contributed by atoms with E-state index in [1.165, 1.54) is 17.0 Å². The molecule has 248 valence electrons. The monoisotopic (exact) mass is 652 g/mol. The molecule has 1 saturated carbocycles. The van der Waals surface area contributed by atoms with E-state index in [9.17, 15) is 23.6 Å². The van der Waals surface area contributed by atoms with Gasteiger partial charge in [-0.15, -0.1) is 0 Å². The third kappa shape index (κ3) is 6.17. The zero-order valence-corrected chi connectivity index (χ0v) is 26.5. The lowest BCUT2D eigenvalue weighted by atomic mass is 9.97. The lowest BCUT2D eigenvalue weighted by Crippen LogP contribution is -2.53. The van der Waals surface area contributed by atoms with Gasteiger partial charge >= 0.3 is 6.09 Å². The van der Waals surface area contributed by atoms with E-state index in [1.54, 1.807) is 18.2 Å². The molecule has 3 aromatic rings. The molecule has 7 rings (SSSR count). The normalized spacial score (nSPS) is 21.6. The zero-order chi connectivity index (χ0) is 33.4. The summed E-state index contributed by atoms with van der Waals surface area (Å²) in [5.41, 5.74) is 7.31. The first-order valence-electron chi connectivity index (χ1n) is 16.4. The van der Waals surface area contributed by atoms with Crippen molar-refractivity contribution in [3.05, 3.63) is 101 Å². The Morgan fingerprint density at radius 1 is 1.00 bits per heavy atom. The van der Waals surface area contributed by atoms with Gasteiger partial charge in [-0.1, -0.05) is 61.9 Å². The average molecular weight is 653 g/mol. The highest BCUT2D eigenvalue weighted by atomic mass is 19.1. The smallest absolute Gasteiger partial charge is 0.410 e. The largest absolute Gasteiger partial charge is 0.448 e. The number of hydrogen-bond acceptors (Lipinski definition) is 7. The first-order chi connectivity index (χ1) is 23.2. The van der Waals surface area contributed by atoms with Crippen LogP contribution in [-0.2, 0) is 24.0 Å². The number of ether oxygens (including phenoxy) is 1. The molecule has 3 N–H and O–H groups in total. The molecule has 1 saturated heterocycles. The number of amides is 3. The number of Topliss-reactive ketones (excluding diaryl/α,β-unsaturated/α-hetero) is 1.